The van der Waals surface area contributed by atoms with Crippen LogP contribution < -0.4 is 9.80 Å². The van der Waals surface area contributed by atoms with Gasteiger partial charge in [0.1, 0.15) is 4.88 Å². The highest BCUT2D eigenvalue weighted by Crippen LogP contribution is 2.38. The average molecular weight is 343 g/mol. The summed E-state index contributed by atoms with van der Waals surface area (Å²) in [6.45, 7) is 6.33. The Morgan fingerprint density at radius 2 is 2.12 bits per heavy atom. The van der Waals surface area contributed by atoms with Crippen LogP contribution in [0.5, 0.6) is 0 Å². The predicted octanol–water partition coefficient (Wildman–Crippen LogP) is 3.10. The number of nitrogens with zero attached hydrogens (tertiary/aromatic N) is 3. The van der Waals surface area contributed by atoms with Gasteiger partial charge >= 0.3 is 5.97 Å². The molecule has 6 heteroatoms. The van der Waals surface area contributed by atoms with Gasteiger partial charge in [-0.25, -0.2) is 9.78 Å². The number of ether oxygens (including phenoxy) is 1. The number of hydrogen-bond donors (Lipinski definition) is 0. The lowest BCUT2D eigenvalue weighted by atomic mass is 10.2. The normalized spacial score (nSPS) is 22.2. The predicted molar refractivity (Wildman–Crippen MR) is 96.1 cm³/mol. The summed E-state index contributed by atoms with van der Waals surface area (Å²) in [6, 6.07) is 9.70. The Labute approximate surface area is 145 Å². The second kappa shape index (κ2) is 6.09. The number of anilines is 2. The van der Waals surface area contributed by atoms with Crippen LogP contribution in [0.3, 0.4) is 0 Å². The Kier molecular flexibility index (Phi) is 3.92. The number of carbonyl (C=O) groups excluding carboxylic acids is 1. The van der Waals surface area contributed by atoms with Gasteiger partial charge in [0.25, 0.3) is 0 Å². The van der Waals surface area contributed by atoms with Gasteiger partial charge in [0.2, 0.25) is 0 Å². The van der Waals surface area contributed by atoms with E-state index >= 15 is 0 Å². The summed E-state index contributed by atoms with van der Waals surface area (Å²) >= 11 is 1.44. The molecule has 1 aromatic carbocycles. The molecule has 0 N–H and O–H groups in total. The summed E-state index contributed by atoms with van der Waals surface area (Å²) in [5, 5.41) is 0.939. The van der Waals surface area contributed by atoms with Crippen molar-refractivity contribution in [3.63, 3.8) is 0 Å². The van der Waals surface area contributed by atoms with E-state index < -0.39 is 0 Å². The number of aromatic nitrogens is 1. The SMILES string of the molecule is CCOC(=O)c1cnc(N2C[C@@H]3C[C@H]2CN3c2cccc(C)c2)s1. The van der Waals surface area contributed by atoms with E-state index in [4.69, 9.17) is 4.74 Å². The Morgan fingerprint density at radius 3 is 2.83 bits per heavy atom. The third-order valence-electron chi connectivity index (χ3n) is 4.79. The van der Waals surface area contributed by atoms with Crippen molar-refractivity contribution >= 4 is 28.1 Å². The second-order valence-corrected chi connectivity index (χ2v) is 7.42. The standard InChI is InChI=1S/C18H21N3O2S/c1-3-23-17(22)16-9-19-18(24-16)21-11-14-8-15(21)10-20(14)13-6-4-5-12(2)7-13/h4-7,9,14-15H,3,8,10-11H2,1-2H3/t14-,15-/m0/s1. The summed E-state index contributed by atoms with van der Waals surface area (Å²) in [5.41, 5.74) is 2.61. The Hall–Kier alpha value is -2.08. The molecule has 24 heavy (non-hydrogen) atoms. The molecule has 2 aliphatic heterocycles. The van der Waals surface area contributed by atoms with Gasteiger partial charge in [0.05, 0.1) is 18.8 Å². The molecule has 2 atom stereocenters. The zero-order valence-electron chi connectivity index (χ0n) is 13.9. The third-order valence-corrected chi connectivity index (χ3v) is 5.80. The lowest BCUT2D eigenvalue weighted by Gasteiger charge is -2.35. The highest BCUT2D eigenvalue weighted by molar-refractivity contribution is 7.17. The molecule has 0 radical (unpaired) electrons. The topological polar surface area (TPSA) is 45.7 Å². The minimum Gasteiger partial charge on any atom is -0.462 e. The second-order valence-electron chi connectivity index (χ2n) is 6.41. The first-order chi connectivity index (χ1) is 11.7. The van der Waals surface area contributed by atoms with Crippen molar-refractivity contribution in [3.05, 3.63) is 40.9 Å². The molecular formula is C18H21N3O2S. The maximum atomic E-state index is 11.8. The van der Waals surface area contributed by atoms with E-state index in [2.05, 4.69) is 46.0 Å². The van der Waals surface area contributed by atoms with Crippen LogP contribution in [0.25, 0.3) is 0 Å². The summed E-state index contributed by atoms with van der Waals surface area (Å²) in [5.74, 6) is -0.271. The van der Waals surface area contributed by atoms with E-state index in [1.54, 1.807) is 6.20 Å². The maximum Gasteiger partial charge on any atom is 0.350 e. The Bertz CT molecular complexity index is 760. The largest absolute Gasteiger partial charge is 0.462 e. The maximum absolute atomic E-state index is 11.8. The first-order valence-corrected chi connectivity index (χ1v) is 9.20. The van der Waals surface area contributed by atoms with Crippen molar-refractivity contribution in [3.8, 4) is 0 Å². The smallest absolute Gasteiger partial charge is 0.350 e. The molecule has 3 heterocycles. The first kappa shape index (κ1) is 15.4. The van der Waals surface area contributed by atoms with Crippen molar-refractivity contribution < 1.29 is 9.53 Å². The van der Waals surface area contributed by atoms with Gasteiger partial charge in [-0.2, -0.15) is 0 Å². The van der Waals surface area contributed by atoms with Crippen molar-refractivity contribution in [2.45, 2.75) is 32.4 Å². The quantitative estimate of drug-likeness (QED) is 0.798. The molecule has 2 aliphatic rings. The summed E-state index contributed by atoms with van der Waals surface area (Å²) in [4.78, 5) is 21.7. The highest BCUT2D eigenvalue weighted by atomic mass is 32.1. The molecule has 0 aliphatic carbocycles. The lowest BCUT2D eigenvalue weighted by molar-refractivity contribution is 0.0532. The third kappa shape index (κ3) is 2.65. The van der Waals surface area contributed by atoms with Crippen molar-refractivity contribution in [1.82, 2.24) is 4.98 Å². The molecule has 126 valence electrons. The van der Waals surface area contributed by atoms with Gasteiger partial charge in [-0.05, 0) is 38.0 Å². The fourth-order valence-corrected chi connectivity index (χ4v) is 4.61. The van der Waals surface area contributed by atoms with Crippen LogP contribution in [-0.2, 0) is 4.74 Å². The van der Waals surface area contributed by atoms with Crippen LogP contribution in [0.15, 0.2) is 30.5 Å². The molecule has 2 fully saturated rings. The van der Waals surface area contributed by atoms with Gasteiger partial charge in [-0.1, -0.05) is 23.5 Å². The van der Waals surface area contributed by atoms with Crippen molar-refractivity contribution in [2.75, 3.05) is 29.5 Å². The number of thiazole rings is 1. The van der Waals surface area contributed by atoms with E-state index in [9.17, 15) is 4.79 Å². The Balaban J connectivity index is 1.48. The molecule has 2 saturated heterocycles. The number of esters is 1. The van der Waals surface area contributed by atoms with E-state index in [-0.39, 0.29) is 5.97 Å². The molecule has 5 nitrogen and oxygen atoms in total. The molecule has 1 aromatic heterocycles. The number of rotatable bonds is 4. The highest BCUT2D eigenvalue weighted by Gasteiger charge is 2.44. The van der Waals surface area contributed by atoms with Crippen LogP contribution in [-0.4, -0.2) is 42.7 Å². The van der Waals surface area contributed by atoms with Gasteiger partial charge in [0, 0.05) is 24.8 Å². The number of hydrogen-bond acceptors (Lipinski definition) is 6. The van der Waals surface area contributed by atoms with E-state index in [1.807, 2.05) is 6.92 Å². The monoisotopic (exact) mass is 343 g/mol. The van der Waals surface area contributed by atoms with E-state index in [0.717, 1.165) is 24.6 Å². The van der Waals surface area contributed by atoms with E-state index in [1.165, 1.54) is 22.6 Å². The van der Waals surface area contributed by atoms with Crippen LogP contribution in [0.4, 0.5) is 10.8 Å². The van der Waals surface area contributed by atoms with E-state index in [0.29, 0.717) is 23.6 Å². The molecule has 0 spiro atoms. The molecule has 0 saturated carbocycles. The fourth-order valence-electron chi connectivity index (χ4n) is 3.72. The molecule has 0 unspecified atom stereocenters. The molecular weight excluding hydrogens is 322 g/mol. The van der Waals surface area contributed by atoms with Gasteiger partial charge in [-0.15, -0.1) is 0 Å². The van der Waals surface area contributed by atoms with Crippen molar-refractivity contribution in [1.29, 1.82) is 0 Å². The Morgan fingerprint density at radius 1 is 1.33 bits per heavy atom. The summed E-state index contributed by atoms with van der Waals surface area (Å²) in [6.07, 6.45) is 2.80. The first-order valence-electron chi connectivity index (χ1n) is 8.38. The number of carbonyl (C=O) groups is 1. The van der Waals surface area contributed by atoms with Crippen LogP contribution in [0.1, 0.15) is 28.6 Å². The molecule has 2 bridgehead atoms. The van der Waals surface area contributed by atoms with Crippen LogP contribution >= 0.6 is 11.3 Å². The number of benzene rings is 1. The lowest BCUT2D eigenvalue weighted by Crippen LogP contribution is -2.46. The summed E-state index contributed by atoms with van der Waals surface area (Å²) in [7, 11) is 0. The average Bonchev–Trinajstić information content (AvgIpc) is 3.29. The van der Waals surface area contributed by atoms with Gasteiger partial charge in [-0.3, -0.25) is 0 Å². The zero-order chi connectivity index (χ0) is 16.7. The molecule has 4 rings (SSSR count). The minimum absolute atomic E-state index is 0.271. The van der Waals surface area contributed by atoms with Gasteiger partial charge < -0.3 is 14.5 Å². The number of piperazine rings is 1. The van der Waals surface area contributed by atoms with Crippen molar-refractivity contribution in [2.24, 2.45) is 0 Å². The molecule has 2 aromatic rings. The van der Waals surface area contributed by atoms with Crippen LogP contribution in [0, 0.1) is 6.92 Å². The fraction of sp³-hybridized carbons (Fsp3) is 0.444. The number of fused-ring (bicyclic) bond motifs is 2. The zero-order valence-corrected chi connectivity index (χ0v) is 14.8. The summed E-state index contributed by atoms with van der Waals surface area (Å²) < 4.78 is 5.06. The number of aryl methyl sites for hydroxylation is 1. The van der Waals surface area contributed by atoms with Gasteiger partial charge in [0.15, 0.2) is 5.13 Å². The molecule has 0 amide bonds. The van der Waals surface area contributed by atoms with Crippen LogP contribution in [0.2, 0.25) is 0 Å². The minimum atomic E-state index is -0.271.